The van der Waals surface area contributed by atoms with Gasteiger partial charge >= 0.3 is 0 Å². The van der Waals surface area contributed by atoms with Gasteiger partial charge in [-0.3, -0.25) is 0 Å². The molecule has 1 N–H and O–H groups in total. The van der Waals surface area contributed by atoms with Crippen LogP contribution in [0.3, 0.4) is 0 Å². The van der Waals surface area contributed by atoms with Gasteiger partial charge in [-0.25, -0.2) is 0 Å². The van der Waals surface area contributed by atoms with E-state index >= 15 is 0 Å². The molecular weight excluding hydrogens is 196 g/mol. The van der Waals surface area contributed by atoms with E-state index in [9.17, 15) is 5.11 Å². The van der Waals surface area contributed by atoms with Gasteiger partial charge in [-0.1, -0.05) is 37.6 Å². The summed E-state index contributed by atoms with van der Waals surface area (Å²) < 4.78 is 0. The molecule has 0 aromatic heterocycles. The summed E-state index contributed by atoms with van der Waals surface area (Å²) in [5, 5.41) is 10.2. The molecule has 2 atom stereocenters. The third-order valence-corrected chi connectivity index (χ3v) is 3.68. The van der Waals surface area contributed by atoms with Crippen molar-refractivity contribution in [2.24, 2.45) is 11.8 Å². The van der Waals surface area contributed by atoms with E-state index in [0.717, 1.165) is 25.7 Å². The van der Waals surface area contributed by atoms with Crippen LogP contribution in [0.15, 0.2) is 23.8 Å². The fourth-order valence-electron chi connectivity index (χ4n) is 2.51. The smallest absolute Gasteiger partial charge is 0.0754 e. The molecule has 0 spiro atoms. The van der Waals surface area contributed by atoms with E-state index in [0.29, 0.717) is 11.8 Å². The average Bonchev–Trinajstić information content (AvgIpc) is 2.16. The van der Waals surface area contributed by atoms with Crippen molar-refractivity contribution < 1.29 is 5.11 Å². The molecule has 0 amide bonds. The standard InChI is InChI=1S/C15H26O/c1-11(2)14-9-8-12(3)6-5-7-13(4)10-15(14)16/h10-11,14-16H,3,5-9H2,1-2,4H3/b13-10+/t14-,15?/m0/s1. The van der Waals surface area contributed by atoms with E-state index in [-0.39, 0.29) is 6.10 Å². The number of aliphatic hydroxyl groups excluding tert-OH is 1. The van der Waals surface area contributed by atoms with E-state index in [4.69, 9.17) is 0 Å². The predicted octanol–water partition coefficient (Wildman–Crippen LogP) is 4.09. The van der Waals surface area contributed by atoms with Crippen molar-refractivity contribution in [1.82, 2.24) is 0 Å². The first kappa shape index (κ1) is 13.5. The number of hydrogen-bond acceptors (Lipinski definition) is 1. The van der Waals surface area contributed by atoms with Crippen molar-refractivity contribution in [1.29, 1.82) is 0 Å². The minimum Gasteiger partial charge on any atom is -0.389 e. The zero-order valence-corrected chi connectivity index (χ0v) is 11.0. The van der Waals surface area contributed by atoms with Gasteiger partial charge in [-0.05, 0) is 50.9 Å². The molecule has 0 aliphatic heterocycles. The van der Waals surface area contributed by atoms with Crippen molar-refractivity contribution in [2.75, 3.05) is 0 Å². The Hall–Kier alpha value is -0.560. The highest BCUT2D eigenvalue weighted by Gasteiger charge is 2.21. The van der Waals surface area contributed by atoms with E-state index in [1.165, 1.54) is 17.6 Å². The zero-order chi connectivity index (χ0) is 12.1. The summed E-state index contributed by atoms with van der Waals surface area (Å²) in [4.78, 5) is 0. The van der Waals surface area contributed by atoms with Crippen LogP contribution in [0.4, 0.5) is 0 Å². The van der Waals surface area contributed by atoms with Gasteiger partial charge in [0.05, 0.1) is 6.10 Å². The van der Waals surface area contributed by atoms with Crippen LogP contribution in [0.25, 0.3) is 0 Å². The van der Waals surface area contributed by atoms with Crippen LogP contribution in [0, 0.1) is 11.8 Å². The van der Waals surface area contributed by atoms with E-state index in [1.807, 2.05) is 0 Å². The average molecular weight is 222 g/mol. The number of allylic oxidation sites excluding steroid dienone is 2. The van der Waals surface area contributed by atoms with Gasteiger partial charge in [0.25, 0.3) is 0 Å². The first-order valence-corrected chi connectivity index (χ1v) is 6.52. The summed E-state index contributed by atoms with van der Waals surface area (Å²) in [6.45, 7) is 10.7. The van der Waals surface area contributed by atoms with Crippen molar-refractivity contribution in [3.63, 3.8) is 0 Å². The summed E-state index contributed by atoms with van der Waals surface area (Å²) in [6, 6.07) is 0. The van der Waals surface area contributed by atoms with Crippen molar-refractivity contribution in [3.8, 4) is 0 Å². The third-order valence-electron chi connectivity index (χ3n) is 3.68. The quantitative estimate of drug-likeness (QED) is 0.663. The van der Waals surface area contributed by atoms with Crippen molar-refractivity contribution in [2.45, 2.75) is 59.0 Å². The van der Waals surface area contributed by atoms with Crippen LogP contribution in [0.2, 0.25) is 0 Å². The second kappa shape index (κ2) is 6.24. The van der Waals surface area contributed by atoms with Gasteiger partial charge in [0, 0.05) is 0 Å². The molecule has 0 radical (unpaired) electrons. The maximum absolute atomic E-state index is 10.2. The lowest BCUT2D eigenvalue weighted by molar-refractivity contribution is 0.115. The predicted molar refractivity (Wildman–Crippen MR) is 70.3 cm³/mol. The van der Waals surface area contributed by atoms with E-state index in [2.05, 4.69) is 33.4 Å². The molecule has 92 valence electrons. The van der Waals surface area contributed by atoms with Crippen molar-refractivity contribution >= 4 is 0 Å². The Kier molecular flexibility index (Phi) is 5.27. The zero-order valence-electron chi connectivity index (χ0n) is 11.0. The maximum Gasteiger partial charge on any atom is 0.0754 e. The molecule has 0 aromatic carbocycles. The van der Waals surface area contributed by atoms with Crippen LogP contribution in [-0.4, -0.2) is 11.2 Å². The Bertz CT molecular complexity index is 263. The highest BCUT2D eigenvalue weighted by atomic mass is 16.3. The molecule has 0 fully saturated rings. The van der Waals surface area contributed by atoms with Gasteiger partial charge in [0.15, 0.2) is 0 Å². The Morgan fingerprint density at radius 3 is 2.62 bits per heavy atom. The second-order valence-corrected chi connectivity index (χ2v) is 5.55. The van der Waals surface area contributed by atoms with Crippen LogP contribution in [-0.2, 0) is 0 Å². The molecule has 0 saturated carbocycles. The van der Waals surface area contributed by atoms with Gasteiger partial charge in [-0.2, -0.15) is 0 Å². The molecule has 16 heavy (non-hydrogen) atoms. The lowest BCUT2D eigenvalue weighted by Crippen LogP contribution is -2.24. The van der Waals surface area contributed by atoms with Crippen LogP contribution in [0.1, 0.15) is 52.9 Å². The Morgan fingerprint density at radius 1 is 1.31 bits per heavy atom. The third kappa shape index (κ3) is 4.13. The summed E-state index contributed by atoms with van der Waals surface area (Å²) in [6.07, 6.45) is 7.37. The monoisotopic (exact) mass is 222 g/mol. The lowest BCUT2D eigenvalue weighted by atomic mass is 9.83. The second-order valence-electron chi connectivity index (χ2n) is 5.55. The van der Waals surface area contributed by atoms with E-state index in [1.54, 1.807) is 0 Å². The van der Waals surface area contributed by atoms with E-state index < -0.39 is 0 Å². The Morgan fingerprint density at radius 2 is 2.00 bits per heavy atom. The number of hydrogen-bond donors (Lipinski definition) is 1. The summed E-state index contributed by atoms with van der Waals surface area (Å²) >= 11 is 0. The van der Waals surface area contributed by atoms with Crippen molar-refractivity contribution in [3.05, 3.63) is 23.8 Å². The molecule has 1 aliphatic rings. The summed E-state index contributed by atoms with van der Waals surface area (Å²) in [5.74, 6) is 0.913. The molecule has 1 nitrogen and oxygen atoms in total. The minimum absolute atomic E-state index is 0.272. The molecule has 1 aliphatic carbocycles. The fraction of sp³-hybridized carbons (Fsp3) is 0.733. The molecule has 0 aromatic rings. The first-order chi connectivity index (χ1) is 7.50. The normalized spacial score (nSPS) is 32.3. The summed E-state index contributed by atoms with van der Waals surface area (Å²) in [7, 11) is 0. The molecule has 0 bridgehead atoms. The fourth-order valence-corrected chi connectivity index (χ4v) is 2.51. The Balaban J connectivity index is 2.77. The molecule has 0 saturated heterocycles. The highest BCUT2D eigenvalue weighted by Crippen LogP contribution is 2.28. The maximum atomic E-state index is 10.2. The van der Waals surface area contributed by atoms with Gasteiger partial charge in [-0.15, -0.1) is 0 Å². The number of aliphatic hydroxyl groups is 1. The molecular formula is C15H26O. The molecule has 0 heterocycles. The number of rotatable bonds is 1. The van der Waals surface area contributed by atoms with Gasteiger partial charge in [0.1, 0.15) is 0 Å². The highest BCUT2D eigenvalue weighted by molar-refractivity contribution is 5.06. The summed E-state index contributed by atoms with van der Waals surface area (Å²) in [5.41, 5.74) is 2.68. The van der Waals surface area contributed by atoms with Crippen LogP contribution < -0.4 is 0 Å². The topological polar surface area (TPSA) is 20.2 Å². The largest absolute Gasteiger partial charge is 0.389 e. The minimum atomic E-state index is -0.272. The SMILES string of the molecule is C=C1CCC/C(C)=C/C(O)[C@H](C(C)C)CC1. The molecule has 1 rings (SSSR count). The first-order valence-electron chi connectivity index (χ1n) is 6.52. The van der Waals surface area contributed by atoms with Gasteiger partial charge < -0.3 is 5.11 Å². The Labute approximate surface area is 100 Å². The molecule has 1 unspecified atom stereocenters. The van der Waals surface area contributed by atoms with Crippen LogP contribution >= 0.6 is 0 Å². The van der Waals surface area contributed by atoms with Gasteiger partial charge in [0.2, 0.25) is 0 Å². The lowest BCUT2D eigenvalue weighted by Gasteiger charge is -2.26. The van der Waals surface area contributed by atoms with Crippen LogP contribution in [0.5, 0.6) is 0 Å². The molecule has 1 heteroatoms.